The summed E-state index contributed by atoms with van der Waals surface area (Å²) in [6.45, 7) is 9.81. The zero-order valence-electron chi connectivity index (χ0n) is 12.6. The molecule has 1 amide bonds. The molecule has 1 aliphatic heterocycles. The molecule has 1 fully saturated rings. The van der Waals surface area contributed by atoms with Crippen molar-refractivity contribution in [3.05, 3.63) is 29.8 Å². The number of anilines is 1. The number of carbonyl (C=O) groups is 1. The van der Waals surface area contributed by atoms with Gasteiger partial charge in [-0.2, -0.15) is 0 Å². The van der Waals surface area contributed by atoms with Gasteiger partial charge in [0.15, 0.2) is 0 Å². The normalized spacial score (nSPS) is 19.3. The van der Waals surface area contributed by atoms with Gasteiger partial charge in [-0.05, 0) is 31.0 Å². The number of nitrogens with one attached hydrogen (secondary N) is 2. The summed E-state index contributed by atoms with van der Waals surface area (Å²) in [6.07, 6.45) is 0. The molecule has 1 aliphatic rings. The van der Waals surface area contributed by atoms with Crippen molar-refractivity contribution in [1.29, 1.82) is 0 Å². The van der Waals surface area contributed by atoms with E-state index in [0.717, 1.165) is 26.2 Å². The Balaban J connectivity index is 2.12. The zero-order chi connectivity index (χ0) is 14.5. The molecule has 0 spiro atoms. The van der Waals surface area contributed by atoms with E-state index in [1.54, 1.807) is 0 Å². The van der Waals surface area contributed by atoms with Crippen LogP contribution >= 0.6 is 0 Å². The fourth-order valence-electron chi connectivity index (χ4n) is 2.55. The van der Waals surface area contributed by atoms with Crippen LogP contribution in [0.15, 0.2) is 24.3 Å². The number of carbonyl (C=O) groups excluding carboxylic acids is 1. The molecule has 1 aromatic carbocycles. The number of benzene rings is 1. The first-order valence-corrected chi connectivity index (χ1v) is 7.42. The molecule has 4 nitrogen and oxygen atoms in total. The Bertz CT molecular complexity index is 459. The number of nitrogens with zero attached hydrogens (tertiary/aromatic N) is 1. The predicted octanol–water partition coefficient (Wildman–Crippen LogP) is 1.76. The molecule has 1 aromatic rings. The van der Waals surface area contributed by atoms with E-state index in [-0.39, 0.29) is 11.9 Å². The van der Waals surface area contributed by atoms with Crippen molar-refractivity contribution in [2.24, 2.45) is 5.92 Å². The number of piperazine rings is 1. The molecule has 1 unspecified atom stereocenters. The quantitative estimate of drug-likeness (QED) is 0.860. The van der Waals surface area contributed by atoms with Gasteiger partial charge in [-0.15, -0.1) is 0 Å². The van der Waals surface area contributed by atoms with Crippen LogP contribution in [0.1, 0.15) is 26.3 Å². The van der Waals surface area contributed by atoms with E-state index in [4.69, 9.17) is 0 Å². The van der Waals surface area contributed by atoms with Crippen molar-refractivity contribution in [1.82, 2.24) is 10.6 Å². The maximum Gasteiger partial charge on any atom is 0.242 e. The molecule has 2 rings (SSSR count). The molecule has 1 atom stereocenters. The highest BCUT2D eigenvalue weighted by molar-refractivity contribution is 5.86. The summed E-state index contributed by atoms with van der Waals surface area (Å²) in [5.74, 6) is 0.753. The van der Waals surface area contributed by atoms with Crippen molar-refractivity contribution < 1.29 is 4.79 Å². The van der Waals surface area contributed by atoms with Gasteiger partial charge in [-0.1, -0.05) is 32.0 Å². The van der Waals surface area contributed by atoms with E-state index in [0.29, 0.717) is 5.92 Å². The van der Waals surface area contributed by atoms with Crippen LogP contribution in [0.5, 0.6) is 0 Å². The van der Waals surface area contributed by atoms with E-state index in [9.17, 15) is 4.79 Å². The third-order valence-corrected chi connectivity index (χ3v) is 3.67. The Morgan fingerprint density at radius 1 is 1.40 bits per heavy atom. The lowest BCUT2D eigenvalue weighted by molar-refractivity contribution is -0.122. The number of rotatable bonds is 5. The second-order valence-electron chi connectivity index (χ2n) is 5.81. The van der Waals surface area contributed by atoms with Crippen molar-refractivity contribution in [2.45, 2.75) is 33.4 Å². The van der Waals surface area contributed by atoms with Gasteiger partial charge < -0.3 is 15.5 Å². The smallest absolute Gasteiger partial charge is 0.242 e. The summed E-state index contributed by atoms with van der Waals surface area (Å²) in [7, 11) is 0. The van der Waals surface area contributed by atoms with E-state index < -0.39 is 0 Å². The first-order chi connectivity index (χ1) is 9.59. The Morgan fingerprint density at radius 2 is 2.15 bits per heavy atom. The van der Waals surface area contributed by atoms with E-state index in [2.05, 4.69) is 47.6 Å². The lowest BCUT2D eigenvalue weighted by Crippen LogP contribution is -2.54. The monoisotopic (exact) mass is 275 g/mol. The summed E-state index contributed by atoms with van der Waals surface area (Å²) >= 11 is 0. The van der Waals surface area contributed by atoms with Gasteiger partial charge in [0.05, 0.1) is 0 Å². The van der Waals surface area contributed by atoms with E-state index >= 15 is 0 Å². The van der Waals surface area contributed by atoms with Crippen LogP contribution in [-0.4, -0.2) is 31.6 Å². The SMILES string of the molecule is CC(C)CNCc1ccccc1N1CCNC(=O)C1C. The second kappa shape index (κ2) is 6.75. The molecular weight excluding hydrogens is 250 g/mol. The summed E-state index contributed by atoms with van der Waals surface area (Å²) in [5, 5.41) is 6.39. The van der Waals surface area contributed by atoms with E-state index in [1.807, 2.05) is 13.0 Å². The Labute approximate surface area is 121 Å². The van der Waals surface area contributed by atoms with Gasteiger partial charge in [-0.3, -0.25) is 4.79 Å². The standard InChI is InChI=1S/C16H25N3O/c1-12(2)10-17-11-14-6-4-5-7-15(14)19-9-8-18-16(20)13(19)3/h4-7,12-13,17H,8-11H2,1-3H3,(H,18,20). The minimum atomic E-state index is -0.102. The molecule has 0 saturated carbocycles. The topological polar surface area (TPSA) is 44.4 Å². The Hall–Kier alpha value is -1.55. The third-order valence-electron chi connectivity index (χ3n) is 3.67. The molecule has 1 heterocycles. The van der Waals surface area contributed by atoms with Gasteiger partial charge in [0.2, 0.25) is 5.91 Å². The van der Waals surface area contributed by atoms with Crippen LogP contribution < -0.4 is 15.5 Å². The fourth-order valence-corrected chi connectivity index (χ4v) is 2.55. The lowest BCUT2D eigenvalue weighted by Gasteiger charge is -2.36. The largest absolute Gasteiger partial charge is 0.358 e. The van der Waals surface area contributed by atoms with Crippen LogP contribution in [0.3, 0.4) is 0 Å². The molecular formula is C16H25N3O. The summed E-state index contributed by atoms with van der Waals surface area (Å²) in [6, 6.07) is 8.25. The average molecular weight is 275 g/mol. The maximum atomic E-state index is 11.8. The summed E-state index contributed by atoms with van der Waals surface area (Å²) < 4.78 is 0. The van der Waals surface area contributed by atoms with Gasteiger partial charge in [0.1, 0.15) is 6.04 Å². The average Bonchev–Trinajstić information content (AvgIpc) is 2.42. The zero-order valence-corrected chi connectivity index (χ0v) is 12.6. The van der Waals surface area contributed by atoms with Crippen LogP contribution in [0.4, 0.5) is 5.69 Å². The molecule has 1 saturated heterocycles. The molecule has 4 heteroatoms. The summed E-state index contributed by atoms with van der Waals surface area (Å²) in [4.78, 5) is 14.0. The van der Waals surface area contributed by atoms with E-state index in [1.165, 1.54) is 11.3 Å². The summed E-state index contributed by atoms with van der Waals surface area (Å²) in [5.41, 5.74) is 2.43. The van der Waals surface area contributed by atoms with Crippen molar-refractivity contribution in [3.63, 3.8) is 0 Å². The molecule has 110 valence electrons. The van der Waals surface area contributed by atoms with Crippen molar-refractivity contribution >= 4 is 11.6 Å². The highest BCUT2D eigenvalue weighted by Gasteiger charge is 2.26. The molecule has 0 bridgehead atoms. The van der Waals surface area contributed by atoms with Crippen molar-refractivity contribution in [2.75, 3.05) is 24.5 Å². The third kappa shape index (κ3) is 3.51. The highest BCUT2D eigenvalue weighted by Crippen LogP contribution is 2.23. The maximum absolute atomic E-state index is 11.8. The number of hydrogen-bond donors (Lipinski definition) is 2. The van der Waals surface area contributed by atoms with Gasteiger partial charge in [-0.25, -0.2) is 0 Å². The number of hydrogen-bond acceptors (Lipinski definition) is 3. The predicted molar refractivity (Wildman–Crippen MR) is 82.8 cm³/mol. The fraction of sp³-hybridized carbons (Fsp3) is 0.562. The Morgan fingerprint density at radius 3 is 2.90 bits per heavy atom. The van der Waals surface area contributed by atoms with Crippen LogP contribution in [0.25, 0.3) is 0 Å². The molecule has 0 aliphatic carbocycles. The minimum absolute atomic E-state index is 0.102. The molecule has 0 radical (unpaired) electrons. The minimum Gasteiger partial charge on any atom is -0.358 e. The van der Waals surface area contributed by atoms with Gasteiger partial charge in [0.25, 0.3) is 0 Å². The Kier molecular flexibility index (Phi) is 5.01. The first kappa shape index (κ1) is 14.9. The first-order valence-electron chi connectivity index (χ1n) is 7.42. The van der Waals surface area contributed by atoms with Crippen molar-refractivity contribution in [3.8, 4) is 0 Å². The van der Waals surface area contributed by atoms with Crippen LogP contribution in [0.2, 0.25) is 0 Å². The molecule has 20 heavy (non-hydrogen) atoms. The highest BCUT2D eigenvalue weighted by atomic mass is 16.2. The van der Waals surface area contributed by atoms with Gasteiger partial charge >= 0.3 is 0 Å². The second-order valence-corrected chi connectivity index (χ2v) is 5.81. The molecule has 2 N–H and O–H groups in total. The number of amides is 1. The lowest BCUT2D eigenvalue weighted by atomic mass is 10.1. The number of para-hydroxylation sites is 1. The van der Waals surface area contributed by atoms with Crippen LogP contribution in [0, 0.1) is 5.92 Å². The van der Waals surface area contributed by atoms with Crippen LogP contribution in [-0.2, 0) is 11.3 Å². The molecule has 0 aromatic heterocycles. The van der Waals surface area contributed by atoms with Gasteiger partial charge in [0, 0.05) is 25.3 Å².